The van der Waals surface area contributed by atoms with Crippen LogP contribution in [0.1, 0.15) is 39.2 Å². The minimum absolute atomic E-state index is 0.0870. The van der Waals surface area contributed by atoms with Crippen molar-refractivity contribution in [2.75, 3.05) is 31.1 Å². The zero-order chi connectivity index (χ0) is 19.5. The van der Waals surface area contributed by atoms with Crippen LogP contribution in [0.25, 0.3) is 0 Å². The standard InChI is InChI=1S/C17H23F3N4O2/c1-16(2,3)9-13(25)8-14(26)23-4-6-24(7-5-23)15-21-10-12(11-22-15)17(18,19)20/h10-11H,4-9H2,1-3H3. The van der Waals surface area contributed by atoms with Gasteiger partial charge >= 0.3 is 6.18 Å². The van der Waals surface area contributed by atoms with Gasteiger partial charge in [-0.25, -0.2) is 9.97 Å². The van der Waals surface area contributed by atoms with Gasteiger partial charge in [0.2, 0.25) is 11.9 Å². The van der Waals surface area contributed by atoms with Crippen LogP contribution in [0, 0.1) is 5.41 Å². The fourth-order valence-corrected chi connectivity index (χ4v) is 2.72. The van der Waals surface area contributed by atoms with Gasteiger partial charge in [0.25, 0.3) is 0 Å². The molecule has 2 rings (SSSR count). The molecule has 1 aromatic heterocycles. The number of carbonyl (C=O) groups excluding carboxylic acids is 2. The molecule has 0 unspecified atom stereocenters. The Kier molecular flexibility index (Phi) is 5.87. The van der Waals surface area contributed by atoms with Crippen molar-refractivity contribution in [3.63, 3.8) is 0 Å². The number of carbonyl (C=O) groups is 2. The van der Waals surface area contributed by atoms with E-state index in [-0.39, 0.29) is 29.5 Å². The highest BCUT2D eigenvalue weighted by Crippen LogP contribution is 2.28. The Morgan fingerprint density at radius 3 is 2.04 bits per heavy atom. The van der Waals surface area contributed by atoms with E-state index in [0.29, 0.717) is 32.6 Å². The highest BCUT2D eigenvalue weighted by molar-refractivity contribution is 5.98. The lowest BCUT2D eigenvalue weighted by Gasteiger charge is -2.34. The van der Waals surface area contributed by atoms with Gasteiger partial charge in [0.15, 0.2) is 0 Å². The summed E-state index contributed by atoms with van der Waals surface area (Å²) in [5, 5.41) is 0. The van der Waals surface area contributed by atoms with Crippen molar-refractivity contribution in [2.45, 2.75) is 39.8 Å². The van der Waals surface area contributed by atoms with Gasteiger partial charge < -0.3 is 9.80 Å². The summed E-state index contributed by atoms with van der Waals surface area (Å²) in [6, 6.07) is 0. The minimum atomic E-state index is -4.47. The number of nitrogens with zero attached hydrogens (tertiary/aromatic N) is 4. The maximum Gasteiger partial charge on any atom is 0.419 e. The van der Waals surface area contributed by atoms with Crippen LogP contribution in [0.3, 0.4) is 0 Å². The largest absolute Gasteiger partial charge is 0.419 e. The zero-order valence-corrected chi connectivity index (χ0v) is 15.1. The van der Waals surface area contributed by atoms with Gasteiger partial charge in [0.05, 0.1) is 12.0 Å². The van der Waals surface area contributed by atoms with E-state index >= 15 is 0 Å². The molecule has 0 bridgehead atoms. The maximum atomic E-state index is 12.5. The van der Waals surface area contributed by atoms with Crippen LogP contribution in [-0.2, 0) is 15.8 Å². The van der Waals surface area contributed by atoms with E-state index in [0.717, 1.165) is 12.4 Å². The van der Waals surface area contributed by atoms with Gasteiger partial charge in [-0.05, 0) is 5.41 Å². The molecule has 1 fully saturated rings. The first-order valence-corrected chi connectivity index (χ1v) is 8.39. The third kappa shape index (κ3) is 5.67. The third-order valence-corrected chi connectivity index (χ3v) is 3.96. The van der Waals surface area contributed by atoms with E-state index in [9.17, 15) is 22.8 Å². The summed E-state index contributed by atoms with van der Waals surface area (Å²) < 4.78 is 37.6. The number of piperazine rings is 1. The number of Topliss-reactive ketones (excluding diaryl/α,β-unsaturated/α-hetero) is 1. The number of halogens is 3. The number of rotatable bonds is 4. The number of alkyl halides is 3. The zero-order valence-electron chi connectivity index (χ0n) is 15.1. The van der Waals surface area contributed by atoms with E-state index in [1.54, 1.807) is 9.80 Å². The van der Waals surface area contributed by atoms with E-state index in [4.69, 9.17) is 0 Å². The van der Waals surface area contributed by atoms with Crippen molar-refractivity contribution in [3.8, 4) is 0 Å². The average molecular weight is 372 g/mol. The summed E-state index contributed by atoms with van der Waals surface area (Å²) in [6.45, 7) is 7.40. The molecule has 144 valence electrons. The maximum absolute atomic E-state index is 12.5. The van der Waals surface area contributed by atoms with Gasteiger partial charge in [-0.15, -0.1) is 0 Å². The van der Waals surface area contributed by atoms with Crippen molar-refractivity contribution in [2.24, 2.45) is 5.41 Å². The number of hydrogen-bond donors (Lipinski definition) is 0. The van der Waals surface area contributed by atoms with E-state index in [1.807, 2.05) is 20.8 Å². The molecule has 1 aliphatic rings. The Labute approximate surface area is 150 Å². The summed E-state index contributed by atoms with van der Waals surface area (Å²) in [6.07, 6.45) is -2.73. The lowest BCUT2D eigenvalue weighted by Crippen LogP contribution is -2.49. The fourth-order valence-electron chi connectivity index (χ4n) is 2.72. The summed E-state index contributed by atoms with van der Waals surface area (Å²) in [5.74, 6) is -0.0999. The SMILES string of the molecule is CC(C)(C)CC(=O)CC(=O)N1CCN(c2ncc(C(F)(F)F)cn2)CC1. The number of aromatic nitrogens is 2. The monoisotopic (exact) mass is 372 g/mol. The van der Waals surface area contributed by atoms with Gasteiger partial charge in [-0.1, -0.05) is 20.8 Å². The molecule has 1 amide bonds. The predicted octanol–water partition coefficient (Wildman–Crippen LogP) is 2.54. The van der Waals surface area contributed by atoms with Gasteiger partial charge in [-0.2, -0.15) is 13.2 Å². The normalized spacial score (nSPS) is 15.9. The summed E-state index contributed by atoms with van der Waals surface area (Å²) in [5.41, 5.74) is -1.05. The predicted molar refractivity (Wildman–Crippen MR) is 89.5 cm³/mol. The van der Waals surface area contributed by atoms with Crippen molar-refractivity contribution < 1.29 is 22.8 Å². The molecule has 1 aliphatic heterocycles. The molecule has 1 saturated heterocycles. The van der Waals surface area contributed by atoms with E-state index in [1.165, 1.54) is 0 Å². The van der Waals surface area contributed by atoms with Crippen molar-refractivity contribution in [1.29, 1.82) is 0 Å². The Hall–Kier alpha value is -2.19. The molecular formula is C17H23F3N4O2. The Morgan fingerprint density at radius 2 is 1.58 bits per heavy atom. The van der Waals surface area contributed by atoms with Crippen LogP contribution in [-0.4, -0.2) is 52.7 Å². The molecule has 0 spiro atoms. The summed E-state index contributed by atoms with van der Waals surface area (Å²) >= 11 is 0. The molecular weight excluding hydrogens is 349 g/mol. The Bertz CT molecular complexity index is 645. The molecule has 0 atom stereocenters. The Balaban J connectivity index is 1.87. The molecule has 6 nitrogen and oxygen atoms in total. The molecule has 0 aromatic carbocycles. The minimum Gasteiger partial charge on any atom is -0.339 e. The highest BCUT2D eigenvalue weighted by atomic mass is 19.4. The molecule has 9 heteroatoms. The van der Waals surface area contributed by atoms with Crippen LogP contribution in [0.5, 0.6) is 0 Å². The first-order chi connectivity index (χ1) is 12.0. The molecule has 0 N–H and O–H groups in total. The number of ketones is 1. The summed E-state index contributed by atoms with van der Waals surface area (Å²) in [7, 11) is 0. The number of anilines is 1. The molecule has 0 aliphatic carbocycles. The highest BCUT2D eigenvalue weighted by Gasteiger charge is 2.32. The van der Waals surface area contributed by atoms with Crippen LogP contribution in [0.15, 0.2) is 12.4 Å². The van der Waals surface area contributed by atoms with E-state index in [2.05, 4.69) is 9.97 Å². The smallest absolute Gasteiger partial charge is 0.339 e. The fraction of sp³-hybridized carbons (Fsp3) is 0.647. The van der Waals surface area contributed by atoms with Gasteiger partial charge in [0.1, 0.15) is 5.78 Å². The van der Waals surface area contributed by atoms with E-state index < -0.39 is 11.7 Å². The molecule has 26 heavy (non-hydrogen) atoms. The van der Waals surface area contributed by atoms with Gasteiger partial charge in [-0.3, -0.25) is 9.59 Å². The van der Waals surface area contributed by atoms with Crippen LogP contribution in [0.2, 0.25) is 0 Å². The molecule has 0 radical (unpaired) electrons. The second-order valence-electron chi connectivity index (χ2n) is 7.59. The van der Waals surface area contributed by atoms with Crippen molar-refractivity contribution >= 4 is 17.6 Å². The van der Waals surface area contributed by atoms with Crippen molar-refractivity contribution in [3.05, 3.63) is 18.0 Å². The van der Waals surface area contributed by atoms with Crippen LogP contribution < -0.4 is 4.90 Å². The lowest BCUT2D eigenvalue weighted by atomic mass is 9.89. The number of amides is 1. The topological polar surface area (TPSA) is 66.4 Å². The average Bonchev–Trinajstić information content (AvgIpc) is 2.52. The Morgan fingerprint density at radius 1 is 1.04 bits per heavy atom. The first-order valence-electron chi connectivity index (χ1n) is 8.39. The van der Waals surface area contributed by atoms with Crippen molar-refractivity contribution in [1.82, 2.24) is 14.9 Å². The second-order valence-corrected chi connectivity index (χ2v) is 7.59. The number of hydrogen-bond acceptors (Lipinski definition) is 5. The third-order valence-electron chi connectivity index (χ3n) is 3.96. The lowest BCUT2D eigenvalue weighted by molar-refractivity contribution is -0.138. The molecule has 2 heterocycles. The van der Waals surface area contributed by atoms with Crippen LogP contribution >= 0.6 is 0 Å². The first kappa shape index (κ1) is 20.1. The molecule has 1 aromatic rings. The van der Waals surface area contributed by atoms with Crippen LogP contribution in [0.4, 0.5) is 19.1 Å². The second kappa shape index (κ2) is 7.59. The van der Waals surface area contributed by atoms with Gasteiger partial charge in [0, 0.05) is 45.0 Å². The quantitative estimate of drug-likeness (QED) is 0.760. The molecule has 0 saturated carbocycles. The summed E-state index contributed by atoms with van der Waals surface area (Å²) in [4.78, 5) is 35.0.